The van der Waals surface area contributed by atoms with E-state index in [0.29, 0.717) is 31.7 Å². The van der Waals surface area contributed by atoms with Crippen LogP contribution in [-0.4, -0.2) is 77.8 Å². The number of rotatable bonds is 15. The average molecular weight is 546 g/mol. The summed E-state index contributed by atoms with van der Waals surface area (Å²) in [6.45, 7) is 5.87. The number of amides is 1. The molecular formula is C32H39N3O5. The van der Waals surface area contributed by atoms with Crippen LogP contribution < -0.4 is 4.74 Å². The van der Waals surface area contributed by atoms with Crippen molar-refractivity contribution in [2.75, 3.05) is 46.0 Å². The van der Waals surface area contributed by atoms with Gasteiger partial charge in [0.05, 0.1) is 19.8 Å². The molecular weight excluding hydrogens is 506 g/mol. The summed E-state index contributed by atoms with van der Waals surface area (Å²) in [5, 5.41) is 8.82. The van der Waals surface area contributed by atoms with Crippen LogP contribution >= 0.6 is 0 Å². The van der Waals surface area contributed by atoms with Crippen molar-refractivity contribution in [3.63, 3.8) is 0 Å². The Morgan fingerprint density at radius 3 is 2.48 bits per heavy atom. The Morgan fingerprint density at radius 1 is 0.925 bits per heavy atom. The van der Waals surface area contributed by atoms with Gasteiger partial charge in [-0.1, -0.05) is 36.4 Å². The minimum absolute atomic E-state index is 0.0109. The standard InChI is InChI=1S/C32H39N3O5/c36-31(37)11-2-1-5-21-40-30-10-4-3-8-29(30)25-35(18-7-17-34-19-22-39-23-20-34)32(38)27-14-12-26(13-15-27)28-9-6-16-33-24-28/h3-4,6,8-10,12-16,24H,1-2,5,7,11,17-23,25H2,(H,36,37). The second-order valence-corrected chi connectivity index (χ2v) is 10.0. The van der Waals surface area contributed by atoms with Crippen LogP contribution in [0.5, 0.6) is 5.75 Å². The quantitative estimate of drug-likeness (QED) is 0.265. The van der Waals surface area contributed by atoms with Gasteiger partial charge >= 0.3 is 5.97 Å². The van der Waals surface area contributed by atoms with E-state index in [9.17, 15) is 9.59 Å². The van der Waals surface area contributed by atoms with Crippen LogP contribution in [0, 0.1) is 0 Å². The number of morpholine rings is 1. The third-order valence-corrected chi connectivity index (χ3v) is 7.05. The minimum Gasteiger partial charge on any atom is -0.493 e. The Morgan fingerprint density at radius 2 is 1.73 bits per heavy atom. The largest absolute Gasteiger partial charge is 0.493 e. The van der Waals surface area contributed by atoms with Crippen LogP contribution in [0.1, 0.15) is 48.0 Å². The Kier molecular flexibility index (Phi) is 11.5. The molecule has 1 aliphatic heterocycles. The molecule has 3 aromatic rings. The number of nitrogens with zero attached hydrogens (tertiary/aromatic N) is 3. The van der Waals surface area contributed by atoms with E-state index < -0.39 is 5.97 Å². The van der Waals surface area contributed by atoms with E-state index in [4.69, 9.17) is 14.6 Å². The third kappa shape index (κ3) is 9.17. The number of hydrogen-bond acceptors (Lipinski definition) is 6. The lowest BCUT2D eigenvalue weighted by atomic mass is 10.0. The van der Waals surface area contributed by atoms with Crippen LogP contribution in [0.25, 0.3) is 11.1 Å². The number of aliphatic carboxylic acids is 1. The van der Waals surface area contributed by atoms with Gasteiger partial charge in [0.15, 0.2) is 0 Å². The first kappa shape index (κ1) is 29.2. The summed E-state index contributed by atoms with van der Waals surface area (Å²) >= 11 is 0. The fourth-order valence-electron chi connectivity index (χ4n) is 4.80. The SMILES string of the molecule is O=C(O)CCCCCOc1ccccc1CN(CCCN1CCOCC1)C(=O)c1ccc(-c2cccnc2)cc1. The number of unbranched alkanes of at least 4 members (excludes halogenated alkanes) is 2. The maximum Gasteiger partial charge on any atom is 0.303 e. The molecule has 1 amide bonds. The molecule has 0 aliphatic carbocycles. The van der Waals surface area contributed by atoms with E-state index in [-0.39, 0.29) is 12.3 Å². The van der Waals surface area contributed by atoms with E-state index in [1.54, 1.807) is 6.20 Å². The Balaban J connectivity index is 1.43. The first-order valence-electron chi connectivity index (χ1n) is 14.1. The molecule has 8 heteroatoms. The molecule has 4 rings (SSSR count). The molecule has 0 unspecified atom stereocenters. The smallest absolute Gasteiger partial charge is 0.303 e. The van der Waals surface area contributed by atoms with E-state index in [1.807, 2.05) is 71.8 Å². The number of hydrogen-bond donors (Lipinski definition) is 1. The summed E-state index contributed by atoms with van der Waals surface area (Å²) in [5.74, 6) is -0.0156. The molecule has 2 heterocycles. The van der Waals surface area contributed by atoms with Crippen molar-refractivity contribution in [3.8, 4) is 16.9 Å². The summed E-state index contributed by atoms with van der Waals surface area (Å²) in [6.07, 6.45) is 6.84. The zero-order valence-electron chi connectivity index (χ0n) is 23.0. The predicted molar refractivity (Wildman–Crippen MR) is 154 cm³/mol. The number of carboxylic acids is 1. The van der Waals surface area contributed by atoms with Crippen molar-refractivity contribution in [2.24, 2.45) is 0 Å². The topological polar surface area (TPSA) is 92.2 Å². The number of carboxylic acid groups (broad SMARTS) is 1. The van der Waals surface area contributed by atoms with Gasteiger partial charge in [0.25, 0.3) is 5.91 Å². The second-order valence-electron chi connectivity index (χ2n) is 10.0. The highest BCUT2D eigenvalue weighted by atomic mass is 16.5. The number of para-hydroxylation sites is 1. The summed E-state index contributed by atoms with van der Waals surface area (Å²) in [5.41, 5.74) is 3.64. The third-order valence-electron chi connectivity index (χ3n) is 7.05. The van der Waals surface area contributed by atoms with Gasteiger partial charge in [-0.05, 0) is 61.1 Å². The fourth-order valence-corrected chi connectivity index (χ4v) is 4.80. The van der Waals surface area contributed by atoms with Crippen molar-refractivity contribution >= 4 is 11.9 Å². The van der Waals surface area contributed by atoms with Gasteiger partial charge in [0, 0.05) is 62.7 Å². The second kappa shape index (κ2) is 15.7. The molecule has 40 heavy (non-hydrogen) atoms. The Bertz CT molecular complexity index is 1200. The fraction of sp³-hybridized carbons (Fsp3) is 0.406. The van der Waals surface area contributed by atoms with Gasteiger partial charge in [-0.3, -0.25) is 19.5 Å². The maximum absolute atomic E-state index is 13.8. The molecule has 2 aromatic carbocycles. The minimum atomic E-state index is -0.767. The molecule has 1 N–H and O–H groups in total. The number of carbonyl (C=O) groups excluding carboxylic acids is 1. The molecule has 0 radical (unpaired) electrons. The highest BCUT2D eigenvalue weighted by Crippen LogP contribution is 2.23. The molecule has 8 nitrogen and oxygen atoms in total. The molecule has 212 valence electrons. The van der Waals surface area contributed by atoms with Crippen molar-refractivity contribution in [3.05, 3.63) is 84.2 Å². The van der Waals surface area contributed by atoms with Crippen molar-refractivity contribution in [1.29, 1.82) is 0 Å². The molecule has 1 aromatic heterocycles. The summed E-state index contributed by atoms with van der Waals surface area (Å²) < 4.78 is 11.6. The highest BCUT2D eigenvalue weighted by Gasteiger charge is 2.19. The van der Waals surface area contributed by atoms with Crippen molar-refractivity contribution in [1.82, 2.24) is 14.8 Å². The summed E-state index contributed by atoms with van der Waals surface area (Å²) in [6, 6.07) is 19.5. The summed E-state index contributed by atoms with van der Waals surface area (Å²) in [4.78, 5) is 33.0. The van der Waals surface area contributed by atoms with Crippen LogP contribution in [0.15, 0.2) is 73.1 Å². The molecule has 0 bridgehead atoms. The van der Waals surface area contributed by atoms with Gasteiger partial charge < -0.3 is 19.5 Å². The number of ether oxygens (including phenoxy) is 2. The van der Waals surface area contributed by atoms with E-state index >= 15 is 0 Å². The molecule has 1 fully saturated rings. The molecule has 0 saturated carbocycles. The van der Waals surface area contributed by atoms with Gasteiger partial charge in [0.1, 0.15) is 5.75 Å². The van der Waals surface area contributed by atoms with E-state index in [2.05, 4.69) is 9.88 Å². The van der Waals surface area contributed by atoms with E-state index in [0.717, 1.165) is 74.6 Å². The summed E-state index contributed by atoms with van der Waals surface area (Å²) in [7, 11) is 0. The average Bonchev–Trinajstić information content (AvgIpc) is 2.99. The normalized spacial score (nSPS) is 13.6. The Hall–Kier alpha value is -3.75. The Labute approximate surface area is 236 Å². The van der Waals surface area contributed by atoms with Gasteiger partial charge in [-0.15, -0.1) is 0 Å². The van der Waals surface area contributed by atoms with Gasteiger partial charge in [-0.2, -0.15) is 0 Å². The number of aromatic nitrogens is 1. The maximum atomic E-state index is 13.8. The molecule has 0 spiro atoms. The zero-order valence-corrected chi connectivity index (χ0v) is 23.0. The van der Waals surface area contributed by atoms with Crippen molar-refractivity contribution < 1.29 is 24.2 Å². The number of pyridine rings is 1. The zero-order chi connectivity index (χ0) is 28.0. The lowest BCUT2D eigenvalue weighted by Gasteiger charge is -2.29. The number of carbonyl (C=O) groups is 2. The van der Waals surface area contributed by atoms with Crippen LogP contribution in [0.4, 0.5) is 0 Å². The lowest BCUT2D eigenvalue weighted by Crippen LogP contribution is -2.39. The predicted octanol–water partition coefficient (Wildman–Crippen LogP) is 5.14. The first-order chi connectivity index (χ1) is 19.6. The van der Waals surface area contributed by atoms with Gasteiger partial charge in [-0.25, -0.2) is 0 Å². The first-order valence-corrected chi connectivity index (χ1v) is 14.1. The number of benzene rings is 2. The molecule has 1 aliphatic rings. The van der Waals surface area contributed by atoms with Crippen LogP contribution in [0.2, 0.25) is 0 Å². The lowest BCUT2D eigenvalue weighted by molar-refractivity contribution is -0.137. The van der Waals surface area contributed by atoms with Crippen molar-refractivity contribution in [2.45, 2.75) is 38.6 Å². The highest BCUT2D eigenvalue weighted by molar-refractivity contribution is 5.94. The molecule has 1 saturated heterocycles. The van der Waals surface area contributed by atoms with Gasteiger partial charge in [0.2, 0.25) is 0 Å². The molecule has 0 atom stereocenters. The van der Waals surface area contributed by atoms with Crippen LogP contribution in [0.3, 0.4) is 0 Å². The van der Waals surface area contributed by atoms with Crippen LogP contribution in [-0.2, 0) is 16.1 Å². The van der Waals surface area contributed by atoms with E-state index in [1.165, 1.54) is 0 Å². The monoisotopic (exact) mass is 545 g/mol.